The Hall–Kier alpha value is -1.02. The zero-order valence-corrected chi connectivity index (χ0v) is 14.1. The Balaban J connectivity index is 2.06. The molecule has 0 atom stereocenters. The fourth-order valence-corrected chi connectivity index (χ4v) is 3.58. The Labute approximate surface area is 130 Å². The van der Waals surface area contributed by atoms with Gasteiger partial charge in [-0.1, -0.05) is 38.3 Å². The number of nitrogens with zero attached hydrogens (tertiary/aromatic N) is 1. The van der Waals surface area contributed by atoms with E-state index in [0.717, 1.165) is 25.7 Å². The van der Waals surface area contributed by atoms with Crippen molar-refractivity contribution in [1.29, 1.82) is 0 Å². The SMILES string of the molecule is CCCNCc1ccc(N(CC)C2CCCCC2)c(C)c1. The molecule has 0 bridgehead atoms. The van der Waals surface area contributed by atoms with Gasteiger partial charge in [0, 0.05) is 24.8 Å². The number of hydrogen-bond acceptors (Lipinski definition) is 2. The van der Waals surface area contributed by atoms with Crippen LogP contribution < -0.4 is 10.2 Å². The molecule has 0 heterocycles. The van der Waals surface area contributed by atoms with Crippen LogP contribution in [0.2, 0.25) is 0 Å². The Kier molecular flexibility index (Phi) is 6.56. The van der Waals surface area contributed by atoms with E-state index in [1.165, 1.54) is 55.3 Å². The second-order valence-corrected chi connectivity index (χ2v) is 6.38. The summed E-state index contributed by atoms with van der Waals surface area (Å²) in [5, 5.41) is 3.49. The van der Waals surface area contributed by atoms with Crippen LogP contribution in [-0.2, 0) is 6.54 Å². The summed E-state index contributed by atoms with van der Waals surface area (Å²) >= 11 is 0. The van der Waals surface area contributed by atoms with Gasteiger partial charge in [-0.05, 0) is 56.8 Å². The van der Waals surface area contributed by atoms with Gasteiger partial charge in [-0.2, -0.15) is 0 Å². The monoisotopic (exact) mass is 288 g/mol. The molecule has 0 saturated heterocycles. The summed E-state index contributed by atoms with van der Waals surface area (Å²) in [6.07, 6.45) is 8.16. The number of rotatable bonds is 7. The van der Waals surface area contributed by atoms with Crippen molar-refractivity contribution >= 4 is 5.69 Å². The third-order valence-electron chi connectivity index (χ3n) is 4.68. The van der Waals surface area contributed by atoms with E-state index in [9.17, 15) is 0 Å². The van der Waals surface area contributed by atoms with Gasteiger partial charge >= 0.3 is 0 Å². The molecule has 2 rings (SSSR count). The van der Waals surface area contributed by atoms with Crippen molar-refractivity contribution in [3.63, 3.8) is 0 Å². The number of benzene rings is 1. The highest BCUT2D eigenvalue weighted by molar-refractivity contribution is 5.55. The molecule has 21 heavy (non-hydrogen) atoms. The molecule has 0 unspecified atom stereocenters. The van der Waals surface area contributed by atoms with Crippen molar-refractivity contribution in [2.24, 2.45) is 0 Å². The molecular weight excluding hydrogens is 256 g/mol. The van der Waals surface area contributed by atoms with Gasteiger partial charge in [0.15, 0.2) is 0 Å². The van der Waals surface area contributed by atoms with Crippen molar-refractivity contribution in [2.45, 2.75) is 71.9 Å². The third-order valence-corrected chi connectivity index (χ3v) is 4.68. The van der Waals surface area contributed by atoms with Crippen molar-refractivity contribution < 1.29 is 0 Å². The van der Waals surface area contributed by atoms with Crippen LogP contribution in [0.5, 0.6) is 0 Å². The van der Waals surface area contributed by atoms with Crippen molar-refractivity contribution in [2.75, 3.05) is 18.0 Å². The van der Waals surface area contributed by atoms with Gasteiger partial charge in [0.2, 0.25) is 0 Å². The second-order valence-electron chi connectivity index (χ2n) is 6.38. The molecule has 0 aliphatic heterocycles. The molecule has 2 nitrogen and oxygen atoms in total. The standard InChI is InChI=1S/C19H32N2/c1-4-13-20-15-17-11-12-19(16(3)14-17)21(5-2)18-9-7-6-8-10-18/h11-12,14,18,20H,4-10,13,15H2,1-3H3. The average Bonchev–Trinajstić information content (AvgIpc) is 2.51. The highest BCUT2D eigenvalue weighted by atomic mass is 15.2. The summed E-state index contributed by atoms with van der Waals surface area (Å²) in [5.41, 5.74) is 4.28. The maximum absolute atomic E-state index is 3.49. The van der Waals surface area contributed by atoms with Gasteiger partial charge in [-0.15, -0.1) is 0 Å². The normalized spacial score (nSPS) is 16.1. The zero-order chi connectivity index (χ0) is 15.1. The Morgan fingerprint density at radius 2 is 1.90 bits per heavy atom. The molecule has 1 saturated carbocycles. The number of nitrogens with one attached hydrogen (secondary N) is 1. The van der Waals surface area contributed by atoms with Crippen molar-refractivity contribution in [3.05, 3.63) is 29.3 Å². The van der Waals surface area contributed by atoms with Gasteiger partial charge in [0.1, 0.15) is 0 Å². The number of hydrogen-bond donors (Lipinski definition) is 1. The summed E-state index contributed by atoms with van der Waals surface area (Å²) in [6.45, 7) is 9.99. The fourth-order valence-electron chi connectivity index (χ4n) is 3.58. The molecular formula is C19H32N2. The van der Waals surface area contributed by atoms with Crippen LogP contribution in [0.15, 0.2) is 18.2 Å². The molecule has 1 aliphatic rings. The van der Waals surface area contributed by atoms with Gasteiger partial charge < -0.3 is 10.2 Å². The summed E-state index contributed by atoms with van der Waals surface area (Å²) in [5.74, 6) is 0. The quantitative estimate of drug-likeness (QED) is 0.734. The summed E-state index contributed by atoms with van der Waals surface area (Å²) in [7, 11) is 0. The molecule has 1 aromatic rings. The van der Waals surface area contributed by atoms with Crippen LogP contribution in [-0.4, -0.2) is 19.1 Å². The lowest BCUT2D eigenvalue weighted by atomic mass is 9.93. The molecule has 1 aromatic carbocycles. The van der Waals surface area contributed by atoms with E-state index in [4.69, 9.17) is 0 Å². The van der Waals surface area contributed by atoms with E-state index in [1.54, 1.807) is 0 Å². The van der Waals surface area contributed by atoms with E-state index >= 15 is 0 Å². The van der Waals surface area contributed by atoms with E-state index in [2.05, 4.69) is 49.2 Å². The van der Waals surface area contributed by atoms with Crippen LogP contribution in [0.4, 0.5) is 5.69 Å². The lowest BCUT2D eigenvalue weighted by Crippen LogP contribution is -2.37. The van der Waals surface area contributed by atoms with Crippen LogP contribution in [0, 0.1) is 6.92 Å². The average molecular weight is 288 g/mol. The first-order valence-electron chi connectivity index (χ1n) is 8.83. The minimum absolute atomic E-state index is 0.756. The summed E-state index contributed by atoms with van der Waals surface area (Å²) in [6, 6.07) is 7.77. The first kappa shape index (κ1) is 16.4. The summed E-state index contributed by atoms with van der Waals surface area (Å²) in [4.78, 5) is 2.64. The molecule has 0 amide bonds. The molecule has 2 heteroatoms. The zero-order valence-electron chi connectivity index (χ0n) is 14.1. The second kappa shape index (κ2) is 8.43. The minimum atomic E-state index is 0.756. The highest BCUT2D eigenvalue weighted by Gasteiger charge is 2.21. The third kappa shape index (κ3) is 4.47. The lowest BCUT2D eigenvalue weighted by molar-refractivity contribution is 0.418. The number of aryl methyl sites for hydroxylation is 1. The Morgan fingerprint density at radius 3 is 2.52 bits per heavy atom. The van der Waals surface area contributed by atoms with Gasteiger partial charge in [0.05, 0.1) is 0 Å². The van der Waals surface area contributed by atoms with Crippen LogP contribution in [0.25, 0.3) is 0 Å². The fraction of sp³-hybridized carbons (Fsp3) is 0.684. The molecule has 1 N–H and O–H groups in total. The lowest BCUT2D eigenvalue weighted by Gasteiger charge is -2.36. The van der Waals surface area contributed by atoms with Gasteiger partial charge in [0.25, 0.3) is 0 Å². The summed E-state index contributed by atoms with van der Waals surface area (Å²) < 4.78 is 0. The van der Waals surface area contributed by atoms with Crippen LogP contribution >= 0.6 is 0 Å². The first-order chi connectivity index (χ1) is 10.3. The smallest absolute Gasteiger partial charge is 0.0398 e. The molecule has 0 radical (unpaired) electrons. The minimum Gasteiger partial charge on any atom is -0.369 e. The topological polar surface area (TPSA) is 15.3 Å². The molecule has 1 aliphatic carbocycles. The predicted octanol–water partition coefficient (Wildman–Crippen LogP) is 4.65. The molecule has 1 fully saturated rings. The Morgan fingerprint density at radius 1 is 1.14 bits per heavy atom. The van der Waals surface area contributed by atoms with Gasteiger partial charge in [-0.25, -0.2) is 0 Å². The van der Waals surface area contributed by atoms with Crippen LogP contribution in [0.1, 0.15) is 63.5 Å². The van der Waals surface area contributed by atoms with Gasteiger partial charge in [-0.3, -0.25) is 0 Å². The maximum Gasteiger partial charge on any atom is 0.0398 e. The van der Waals surface area contributed by atoms with E-state index in [1.807, 2.05) is 0 Å². The van der Waals surface area contributed by atoms with E-state index in [0.29, 0.717) is 0 Å². The molecule has 0 spiro atoms. The first-order valence-corrected chi connectivity index (χ1v) is 8.83. The highest BCUT2D eigenvalue weighted by Crippen LogP contribution is 2.29. The molecule has 118 valence electrons. The van der Waals surface area contributed by atoms with E-state index in [-0.39, 0.29) is 0 Å². The Bertz CT molecular complexity index is 422. The van der Waals surface area contributed by atoms with Crippen molar-refractivity contribution in [3.8, 4) is 0 Å². The predicted molar refractivity (Wildman–Crippen MR) is 93.1 cm³/mol. The largest absolute Gasteiger partial charge is 0.369 e. The maximum atomic E-state index is 3.49. The van der Waals surface area contributed by atoms with E-state index < -0.39 is 0 Å². The van der Waals surface area contributed by atoms with Crippen molar-refractivity contribution in [1.82, 2.24) is 5.32 Å². The molecule has 0 aromatic heterocycles. The van der Waals surface area contributed by atoms with Crippen LogP contribution in [0.3, 0.4) is 0 Å². The number of anilines is 1.